The lowest BCUT2D eigenvalue weighted by atomic mass is 9.86. The Morgan fingerprint density at radius 2 is 2.04 bits per heavy atom. The first-order valence-corrected chi connectivity index (χ1v) is 8.91. The molecule has 2 atom stereocenters. The molecule has 2 unspecified atom stereocenters. The zero-order chi connectivity index (χ0) is 16.2. The zero-order valence-electron chi connectivity index (χ0n) is 13.3. The molecule has 1 heterocycles. The highest BCUT2D eigenvalue weighted by Crippen LogP contribution is 2.28. The summed E-state index contributed by atoms with van der Waals surface area (Å²) in [6, 6.07) is 9.89. The van der Waals surface area contributed by atoms with Gasteiger partial charge in [0.1, 0.15) is 9.88 Å². The molecule has 0 aliphatic heterocycles. The summed E-state index contributed by atoms with van der Waals surface area (Å²) in [7, 11) is 1.81. The van der Waals surface area contributed by atoms with Crippen LogP contribution < -0.4 is 0 Å². The molecule has 0 spiro atoms. The number of hydrogen-bond acceptors (Lipinski definition) is 4. The van der Waals surface area contributed by atoms with Gasteiger partial charge in [-0.1, -0.05) is 43.2 Å². The Balaban J connectivity index is 1.67. The standard InChI is InChI=1S/C18H22N2O2S/c1-20(12-14-9-5-6-10-15(14)21)18(22)16-11-19-17(23-16)13-7-3-2-4-8-13/h2-4,7-8,11,14-15,21H,5-6,9-10,12H2,1H3. The van der Waals surface area contributed by atoms with Crippen molar-refractivity contribution in [3.63, 3.8) is 0 Å². The van der Waals surface area contributed by atoms with Gasteiger partial charge in [0.15, 0.2) is 0 Å². The average molecular weight is 330 g/mol. The van der Waals surface area contributed by atoms with Crippen LogP contribution in [0.3, 0.4) is 0 Å². The fourth-order valence-electron chi connectivity index (χ4n) is 3.11. The topological polar surface area (TPSA) is 53.4 Å². The van der Waals surface area contributed by atoms with Crippen LogP contribution in [-0.4, -0.2) is 40.6 Å². The van der Waals surface area contributed by atoms with Crippen LogP contribution >= 0.6 is 11.3 Å². The molecule has 1 aromatic carbocycles. The summed E-state index contributed by atoms with van der Waals surface area (Å²) in [5.41, 5.74) is 1.03. The van der Waals surface area contributed by atoms with E-state index in [0.29, 0.717) is 11.4 Å². The van der Waals surface area contributed by atoms with Crippen molar-refractivity contribution in [3.05, 3.63) is 41.4 Å². The molecule has 0 bridgehead atoms. The first-order chi connectivity index (χ1) is 11.1. The molecule has 23 heavy (non-hydrogen) atoms. The third kappa shape index (κ3) is 3.79. The largest absolute Gasteiger partial charge is 0.393 e. The van der Waals surface area contributed by atoms with Crippen LogP contribution in [-0.2, 0) is 0 Å². The van der Waals surface area contributed by atoms with Crippen molar-refractivity contribution in [3.8, 4) is 10.6 Å². The quantitative estimate of drug-likeness (QED) is 0.934. The van der Waals surface area contributed by atoms with E-state index in [0.717, 1.165) is 36.3 Å². The van der Waals surface area contributed by atoms with Crippen molar-refractivity contribution in [1.82, 2.24) is 9.88 Å². The molecule has 5 heteroatoms. The molecule has 3 rings (SSSR count). The maximum Gasteiger partial charge on any atom is 0.265 e. The molecule has 1 N–H and O–H groups in total. The molecule has 1 aromatic heterocycles. The zero-order valence-corrected chi connectivity index (χ0v) is 14.1. The van der Waals surface area contributed by atoms with Crippen LogP contribution in [0.25, 0.3) is 10.6 Å². The fraction of sp³-hybridized carbons (Fsp3) is 0.444. The van der Waals surface area contributed by atoms with Crippen LogP contribution in [0.2, 0.25) is 0 Å². The number of carbonyl (C=O) groups is 1. The molecular formula is C18H22N2O2S. The second kappa shape index (κ2) is 7.23. The van der Waals surface area contributed by atoms with Gasteiger partial charge in [-0.25, -0.2) is 4.98 Å². The van der Waals surface area contributed by atoms with Crippen LogP contribution in [0.15, 0.2) is 36.5 Å². The molecule has 2 aromatic rings. The van der Waals surface area contributed by atoms with Gasteiger partial charge in [-0.3, -0.25) is 4.79 Å². The van der Waals surface area contributed by atoms with Crippen molar-refractivity contribution in [2.75, 3.05) is 13.6 Å². The van der Waals surface area contributed by atoms with Crippen molar-refractivity contribution >= 4 is 17.2 Å². The highest BCUT2D eigenvalue weighted by atomic mass is 32.1. The minimum absolute atomic E-state index is 0.0116. The number of aromatic nitrogens is 1. The number of aliphatic hydroxyl groups is 1. The van der Waals surface area contributed by atoms with Gasteiger partial charge in [0.2, 0.25) is 0 Å². The van der Waals surface area contributed by atoms with Crippen molar-refractivity contribution in [1.29, 1.82) is 0 Å². The highest BCUT2D eigenvalue weighted by Gasteiger charge is 2.26. The lowest BCUT2D eigenvalue weighted by Crippen LogP contribution is -2.37. The van der Waals surface area contributed by atoms with Crippen LogP contribution in [0, 0.1) is 5.92 Å². The first kappa shape index (κ1) is 16.1. The average Bonchev–Trinajstić information content (AvgIpc) is 3.07. The molecule has 1 amide bonds. The molecule has 1 aliphatic carbocycles. The van der Waals surface area contributed by atoms with E-state index in [1.54, 1.807) is 11.1 Å². The Morgan fingerprint density at radius 1 is 1.30 bits per heavy atom. The lowest BCUT2D eigenvalue weighted by molar-refractivity contribution is 0.0453. The van der Waals surface area contributed by atoms with Gasteiger partial charge in [0.25, 0.3) is 5.91 Å². The Labute approximate surface area is 140 Å². The third-order valence-corrected chi connectivity index (χ3v) is 5.50. The van der Waals surface area contributed by atoms with Crippen LogP contribution in [0.5, 0.6) is 0 Å². The van der Waals surface area contributed by atoms with E-state index in [4.69, 9.17) is 0 Å². The van der Waals surface area contributed by atoms with E-state index in [-0.39, 0.29) is 17.9 Å². The number of carbonyl (C=O) groups excluding carboxylic acids is 1. The fourth-order valence-corrected chi connectivity index (χ4v) is 4.03. The number of amides is 1. The monoisotopic (exact) mass is 330 g/mol. The summed E-state index contributed by atoms with van der Waals surface area (Å²) in [4.78, 5) is 19.3. The SMILES string of the molecule is CN(CC1CCCCC1O)C(=O)c1cnc(-c2ccccc2)s1. The lowest BCUT2D eigenvalue weighted by Gasteiger charge is -2.31. The maximum absolute atomic E-state index is 12.6. The highest BCUT2D eigenvalue weighted by molar-refractivity contribution is 7.16. The van der Waals surface area contributed by atoms with Gasteiger partial charge in [0.05, 0.1) is 12.3 Å². The Bertz CT molecular complexity index is 656. The number of rotatable bonds is 4. The predicted molar refractivity (Wildman–Crippen MR) is 92.5 cm³/mol. The van der Waals surface area contributed by atoms with Gasteiger partial charge in [-0.2, -0.15) is 0 Å². The number of thiazole rings is 1. The van der Waals surface area contributed by atoms with Gasteiger partial charge in [-0.05, 0) is 12.8 Å². The molecule has 0 radical (unpaired) electrons. The maximum atomic E-state index is 12.6. The van der Waals surface area contributed by atoms with Crippen LogP contribution in [0.4, 0.5) is 0 Å². The molecule has 1 aliphatic rings. The van der Waals surface area contributed by atoms with Crippen molar-refractivity contribution < 1.29 is 9.90 Å². The van der Waals surface area contributed by atoms with E-state index in [1.165, 1.54) is 11.3 Å². The summed E-state index contributed by atoms with van der Waals surface area (Å²) in [5.74, 6) is 0.182. The van der Waals surface area contributed by atoms with Gasteiger partial charge >= 0.3 is 0 Å². The second-order valence-corrected chi connectivity index (χ2v) is 7.22. The molecule has 1 fully saturated rings. The third-order valence-electron chi connectivity index (χ3n) is 4.46. The van der Waals surface area contributed by atoms with Gasteiger partial charge in [-0.15, -0.1) is 11.3 Å². The normalized spacial score (nSPS) is 21.1. The number of hydrogen-bond donors (Lipinski definition) is 1. The molecular weight excluding hydrogens is 308 g/mol. The van der Waals surface area contributed by atoms with E-state index < -0.39 is 0 Å². The number of benzene rings is 1. The van der Waals surface area contributed by atoms with Crippen molar-refractivity contribution in [2.24, 2.45) is 5.92 Å². The summed E-state index contributed by atoms with van der Waals surface area (Å²) in [6.07, 6.45) is 5.46. The van der Waals surface area contributed by atoms with Gasteiger partial charge in [0, 0.05) is 25.1 Å². The Kier molecular flexibility index (Phi) is 5.08. The smallest absolute Gasteiger partial charge is 0.265 e. The van der Waals surface area contributed by atoms with E-state index >= 15 is 0 Å². The summed E-state index contributed by atoms with van der Waals surface area (Å²) < 4.78 is 0. The Morgan fingerprint density at radius 3 is 2.78 bits per heavy atom. The predicted octanol–water partition coefficient (Wildman–Crippen LogP) is 3.43. The second-order valence-electron chi connectivity index (χ2n) is 6.19. The molecule has 122 valence electrons. The van der Waals surface area contributed by atoms with Crippen LogP contribution in [0.1, 0.15) is 35.4 Å². The molecule has 1 saturated carbocycles. The molecule has 4 nitrogen and oxygen atoms in total. The number of aliphatic hydroxyl groups excluding tert-OH is 1. The van der Waals surface area contributed by atoms with E-state index in [9.17, 15) is 9.90 Å². The Hall–Kier alpha value is -1.72. The van der Waals surface area contributed by atoms with E-state index in [1.807, 2.05) is 37.4 Å². The minimum atomic E-state index is -0.277. The first-order valence-electron chi connectivity index (χ1n) is 8.10. The van der Waals surface area contributed by atoms with Crippen molar-refractivity contribution in [2.45, 2.75) is 31.8 Å². The summed E-state index contributed by atoms with van der Waals surface area (Å²) >= 11 is 1.42. The summed E-state index contributed by atoms with van der Waals surface area (Å²) in [6.45, 7) is 0.610. The minimum Gasteiger partial charge on any atom is -0.393 e. The van der Waals surface area contributed by atoms with E-state index in [2.05, 4.69) is 4.98 Å². The van der Waals surface area contributed by atoms with Gasteiger partial charge < -0.3 is 10.0 Å². The molecule has 0 saturated heterocycles. The number of nitrogens with zero attached hydrogens (tertiary/aromatic N) is 2. The summed E-state index contributed by atoms with van der Waals surface area (Å²) in [5, 5.41) is 10.9.